The predicted octanol–water partition coefficient (Wildman–Crippen LogP) is 2.91. The molecule has 0 aromatic heterocycles. The molecule has 3 N–H and O–H groups in total. The maximum Gasteiger partial charge on any atom is 0.0805 e. The van der Waals surface area contributed by atoms with Crippen molar-refractivity contribution >= 4 is 12.4 Å². The molecule has 0 radical (unpaired) electrons. The first-order chi connectivity index (χ1) is 6.91. The molecule has 0 saturated heterocycles. The second-order valence-corrected chi connectivity index (χ2v) is 5.13. The van der Waals surface area contributed by atoms with Crippen LogP contribution in [0.5, 0.6) is 0 Å². The van der Waals surface area contributed by atoms with Crippen LogP contribution in [0.1, 0.15) is 38.9 Å². The van der Waals surface area contributed by atoms with E-state index in [4.69, 9.17) is 5.73 Å². The lowest BCUT2D eigenvalue weighted by atomic mass is 9.83. The van der Waals surface area contributed by atoms with Crippen LogP contribution >= 0.6 is 12.4 Å². The van der Waals surface area contributed by atoms with Crippen molar-refractivity contribution in [3.8, 4) is 0 Å². The topological polar surface area (TPSA) is 46.2 Å². The molecule has 0 aliphatic carbocycles. The second kappa shape index (κ2) is 6.24. The zero-order chi connectivity index (χ0) is 11.5. The summed E-state index contributed by atoms with van der Waals surface area (Å²) in [4.78, 5) is 0. The highest BCUT2D eigenvalue weighted by atomic mass is 35.5. The van der Waals surface area contributed by atoms with Crippen LogP contribution < -0.4 is 5.73 Å². The van der Waals surface area contributed by atoms with Crippen LogP contribution in [-0.4, -0.2) is 11.1 Å². The molecule has 2 atom stereocenters. The summed E-state index contributed by atoms with van der Waals surface area (Å²) < 4.78 is 0. The fraction of sp³-hybridized carbons (Fsp3) is 0.538. The van der Waals surface area contributed by atoms with Crippen molar-refractivity contribution in [2.75, 3.05) is 0 Å². The number of hydrogen-bond acceptors (Lipinski definition) is 2. The monoisotopic (exact) mass is 243 g/mol. The first-order valence-electron chi connectivity index (χ1n) is 5.40. The highest BCUT2D eigenvalue weighted by Crippen LogP contribution is 2.26. The number of rotatable bonds is 3. The zero-order valence-corrected chi connectivity index (χ0v) is 11.0. The molecule has 1 rings (SSSR count). The molecule has 2 nitrogen and oxygen atoms in total. The van der Waals surface area contributed by atoms with Crippen LogP contribution in [0.4, 0.5) is 0 Å². The van der Waals surface area contributed by atoms with E-state index in [0.717, 1.165) is 5.56 Å². The lowest BCUT2D eigenvalue weighted by Gasteiger charge is -2.28. The van der Waals surface area contributed by atoms with Crippen molar-refractivity contribution in [1.82, 2.24) is 0 Å². The van der Waals surface area contributed by atoms with Crippen molar-refractivity contribution < 1.29 is 5.11 Å². The van der Waals surface area contributed by atoms with Gasteiger partial charge in [0.2, 0.25) is 0 Å². The fourth-order valence-electron chi connectivity index (χ4n) is 1.41. The third-order valence-corrected chi connectivity index (χ3v) is 2.77. The standard InChI is InChI=1S/C13H21NO.ClH/c1-13(2,3)12(14)9-11(15)10-7-5-4-6-8-10;/h4-8,11-12,15H,9,14H2,1-3H3;1H/t11-,12-;/m1./s1. The van der Waals surface area contributed by atoms with Crippen molar-refractivity contribution in [2.24, 2.45) is 11.1 Å². The van der Waals surface area contributed by atoms with E-state index in [1.165, 1.54) is 0 Å². The number of halogens is 1. The first kappa shape index (κ1) is 15.4. The van der Waals surface area contributed by atoms with E-state index in [1.54, 1.807) is 0 Å². The van der Waals surface area contributed by atoms with Crippen molar-refractivity contribution in [1.29, 1.82) is 0 Å². The van der Waals surface area contributed by atoms with Crippen LogP contribution in [0, 0.1) is 5.41 Å². The Bertz CT molecular complexity index is 295. The fourth-order valence-corrected chi connectivity index (χ4v) is 1.41. The summed E-state index contributed by atoms with van der Waals surface area (Å²) in [6, 6.07) is 9.68. The van der Waals surface area contributed by atoms with Gasteiger partial charge in [-0.3, -0.25) is 0 Å². The summed E-state index contributed by atoms with van der Waals surface area (Å²) in [5.74, 6) is 0. The molecular weight excluding hydrogens is 222 g/mol. The average Bonchev–Trinajstić information content (AvgIpc) is 2.17. The molecule has 0 aliphatic rings. The lowest BCUT2D eigenvalue weighted by Crippen LogP contribution is -2.36. The minimum absolute atomic E-state index is 0. The van der Waals surface area contributed by atoms with Gasteiger partial charge in [0.1, 0.15) is 0 Å². The molecule has 0 fully saturated rings. The minimum atomic E-state index is -0.458. The van der Waals surface area contributed by atoms with Gasteiger partial charge < -0.3 is 10.8 Å². The number of aliphatic hydroxyl groups excluding tert-OH is 1. The predicted molar refractivity (Wildman–Crippen MR) is 70.7 cm³/mol. The van der Waals surface area contributed by atoms with E-state index in [1.807, 2.05) is 30.3 Å². The first-order valence-corrected chi connectivity index (χ1v) is 5.40. The molecular formula is C13H22ClNO. The third-order valence-electron chi connectivity index (χ3n) is 2.77. The Hall–Kier alpha value is -0.570. The molecule has 92 valence electrons. The van der Waals surface area contributed by atoms with E-state index in [-0.39, 0.29) is 23.9 Å². The quantitative estimate of drug-likeness (QED) is 0.858. The second-order valence-electron chi connectivity index (χ2n) is 5.13. The molecule has 0 spiro atoms. The Morgan fingerprint density at radius 3 is 2.12 bits per heavy atom. The summed E-state index contributed by atoms with van der Waals surface area (Å²) in [7, 11) is 0. The van der Waals surface area contributed by atoms with Gasteiger partial charge in [0.15, 0.2) is 0 Å². The van der Waals surface area contributed by atoms with Crippen LogP contribution in [0.3, 0.4) is 0 Å². The van der Waals surface area contributed by atoms with Crippen LogP contribution in [-0.2, 0) is 0 Å². The summed E-state index contributed by atoms with van der Waals surface area (Å²) >= 11 is 0. The molecule has 1 aromatic carbocycles. The van der Waals surface area contributed by atoms with E-state index in [0.29, 0.717) is 6.42 Å². The van der Waals surface area contributed by atoms with Gasteiger partial charge in [-0.1, -0.05) is 51.1 Å². The molecule has 0 bridgehead atoms. The van der Waals surface area contributed by atoms with Crippen molar-refractivity contribution in [3.63, 3.8) is 0 Å². The zero-order valence-electron chi connectivity index (χ0n) is 10.2. The van der Waals surface area contributed by atoms with E-state index in [2.05, 4.69) is 20.8 Å². The molecule has 0 unspecified atom stereocenters. The summed E-state index contributed by atoms with van der Waals surface area (Å²) in [5, 5.41) is 9.97. The summed E-state index contributed by atoms with van der Waals surface area (Å²) in [5.41, 5.74) is 7.01. The lowest BCUT2D eigenvalue weighted by molar-refractivity contribution is 0.133. The molecule has 0 aliphatic heterocycles. The Labute approximate surface area is 104 Å². The SMILES string of the molecule is CC(C)(C)[C@H](N)C[C@@H](O)c1ccccc1.Cl. The van der Waals surface area contributed by atoms with Gasteiger partial charge in [-0.25, -0.2) is 0 Å². The molecule has 0 amide bonds. The smallest absolute Gasteiger partial charge is 0.0805 e. The molecule has 1 aromatic rings. The van der Waals surface area contributed by atoms with E-state index < -0.39 is 6.10 Å². The maximum atomic E-state index is 9.97. The highest BCUT2D eigenvalue weighted by molar-refractivity contribution is 5.85. The van der Waals surface area contributed by atoms with Crippen LogP contribution in [0.25, 0.3) is 0 Å². The Morgan fingerprint density at radius 1 is 1.19 bits per heavy atom. The average molecular weight is 244 g/mol. The Morgan fingerprint density at radius 2 is 1.69 bits per heavy atom. The van der Waals surface area contributed by atoms with E-state index >= 15 is 0 Å². The highest BCUT2D eigenvalue weighted by Gasteiger charge is 2.23. The normalized spacial score (nSPS) is 15.1. The number of aliphatic hydroxyl groups is 1. The van der Waals surface area contributed by atoms with Crippen LogP contribution in [0.15, 0.2) is 30.3 Å². The van der Waals surface area contributed by atoms with Gasteiger partial charge in [-0.05, 0) is 17.4 Å². The molecule has 0 saturated carbocycles. The third kappa shape index (κ3) is 4.52. The Kier molecular flexibility index (Phi) is 6.01. The molecule has 16 heavy (non-hydrogen) atoms. The molecule has 3 heteroatoms. The van der Waals surface area contributed by atoms with E-state index in [9.17, 15) is 5.11 Å². The number of nitrogens with two attached hydrogens (primary N) is 1. The Balaban J connectivity index is 0.00000225. The van der Waals surface area contributed by atoms with Gasteiger partial charge in [0.25, 0.3) is 0 Å². The van der Waals surface area contributed by atoms with Crippen LogP contribution in [0.2, 0.25) is 0 Å². The van der Waals surface area contributed by atoms with Gasteiger partial charge in [0.05, 0.1) is 6.10 Å². The van der Waals surface area contributed by atoms with Gasteiger partial charge in [-0.15, -0.1) is 12.4 Å². The summed E-state index contributed by atoms with van der Waals surface area (Å²) in [6.07, 6.45) is 0.147. The van der Waals surface area contributed by atoms with Gasteiger partial charge >= 0.3 is 0 Å². The van der Waals surface area contributed by atoms with Crippen molar-refractivity contribution in [2.45, 2.75) is 39.3 Å². The molecule has 0 heterocycles. The van der Waals surface area contributed by atoms with Gasteiger partial charge in [-0.2, -0.15) is 0 Å². The van der Waals surface area contributed by atoms with Gasteiger partial charge in [0, 0.05) is 6.04 Å². The largest absolute Gasteiger partial charge is 0.388 e. The number of benzene rings is 1. The van der Waals surface area contributed by atoms with Crippen molar-refractivity contribution in [3.05, 3.63) is 35.9 Å². The summed E-state index contributed by atoms with van der Waals surface area (Å²) in [6.45, 7) is 6.28. The maximum absolute atomic E-state index is 9.97. The minimum Gasteiger partial charge on any atom is -0.388 e. The number of hydrogen-bond donors (Lipinski definition) is 2.